The Bertz CT molecular complexity index is 1140. The molecule has 1 saturated heterocycles. The van der Waals surface area contributed by atoms with Crippen LogP contribution >= 0.6 is 0 Å². The molecule has 0 unspecified atom stereocenters. The summed E-state index contributed by atoms with van der Waals surface area (Å²) in [6.07, 6.45) is 2.15. The Labute approximate surface area is 185 Å². The average molecular weight is 441 g/mol. The van der Waals surface area contributed by atoms with Gasteiger partial charge in [-0.1, -0.05) is 18.2 Å². The molecule has 1 aromatic heterocycles. The van der Waals surface area contributed by atoms with Gasteiger partial charge in [-0.2, -0.15) is 0 Å². The monoisotopic (exact) mass is 440 g/mol. The molecule has 0 saturated carbocycles. The molecule has 0 radical (unpaired) electrons. The summed E-state index contributed by atoms with van der Waals surface area (Å²) < 4.78 is 28.0. The quantitative estimate of drug-likeness (QED) is 0.586. The van der Waals surface area contributed by atoms with Gasteiger partial charge in [-0.25, -0.2) is 12.7 Å². The predicted molar refractivity (Wildman–Crippen MR) is 130 cm³/mol. The summed E-state index contributed by atoms with van der Waals surface area (Å²) in [5.41, 5.74) is 4.88. The molecule has 166 valence electrons. The van der Waals surface area contributed by atoms with E-state index in [1.165, 1.54) is 4.31 Å². The van der Waals surface area contributed by atoms with E-state index < -0.39 is 10.0 Å². The van der Waals surface area contributed by atoms with Gasteiger partial charge in [0.15, 0.2) is 0 Å². The summed E-state index contributed by atoms with van der Waals surface area (Å²) in [6.45, 7) is 7.71. The number of hydrogen-bond acceptors (Lipinski definition) is 4. The number of fused-ring (bicyclic) bond motifs is 1. The van der Waals surface area contributed by atoms with E-state index in [1.807, 2.05) is 18.2 Å². The maximum Gasteiger partial charge on any atom is 0.244 e. The second-order valence-electron chi connectivity index (χ2n) is 8.23. The zero-order chi connectivity index (χ0) is 22.2. The lowest BCUT2D eigenvalue weighted by Crippen LogP contribution is -2.29. The van der Waals surface area contributed by atoms with Crippen molar-refractivity contribution in [2.45, 2.75) is 31.6 Å². The topological polar surface area (TPSA) is 59.7 Å². The normalized spacial score (nSPS) is 14.7. The van der Waals surface area contributed by atoms with Crippen molar-refractivity contribution in [3.8, 4) is 11.3 Å². The molecule has 6 nitrogen and oxygen atoms in total. The minimum absolute atomic E-state index is 0.379. The Morgan fingerprint density at radius 3 is 2.29 bits per heavy atom. The summed E-state index contributed by atoms with van der Waals surface area (Å²) in [5, 5.41) is 1.12. The molecule has 0 aliphatic carbocycles. The molecule has 0 bridgehead atoms. The van der Waals surface area contributed by atoms with E-state index in [9.17, 15) is 8.42 Å². The van der Waals surface area contributed by atoms with E-state index in [1.54, 1.807) is 20.2 Å². The molecular weight excluding hydrogens is 408 g/mol. The highest BCUT2D eigenvalue weighted by Crippen LogP contribution is 2.45. The van der Waals surface area contributed by atoms with Gasteiger partial charge in [0, 0.05) is 62.4 Å². The van der Waals surface area contributed by atoms with Gasteiger partial charge in [0.05, 0.1) is 11.4 Å². The fraction of sp³-hybridized carbons (Fsp3) is 0.417. The highest BCUT2D eigenvalue weighted by molar-refractivity contribution is 7.89. The molecule has 0 atom stereocenters. The van der Waals surface area contributed by atoms with Crippen LogP contribution in [-0.4, -0.2) is 58.0 Å². The summed E-state index contributed by atoms with van der Waals surface area (Å²) in [6, 6.07) is 14.1. The molecule has 2 aromatic carbocycles. The lowest BCUT2D eigenvalue weighted by atomic mass is 10.0. The van der Waals surface area contributed by atoms with Gasteiger partial charge >= 0.3 is 0 Å². The van der Waals surface area contributed by atoms with Gasteiger partial charge in [0.2, 0.25) is 10.0 Å². The van der Waals surface area contributed by atoms with E-state index in [2.05, 4.69) is 46.8 Å². The second kappa shape index (κ2) is 8.55. The van der Waals surface area contributed by atoms with Gasteiger partial charge in [-0.15, -0.1) is 0 Å². The van der Waals surface area contributed by atoms with Gasteiger partial charge in [-0.3, -0.25) is 0 Å². The molecule has 31 heavy (non-hydrogen) atoms. The Hall–Kier alpha value is -2.51. The number of benzene rings is 2. The standard InChI is InChI=1S/C24H32N4O2S/c1-5-27(6-2)21-13-14-22(31(29,30)26(3)4)24(28-15-9-10-16-28)23(21)20-17-18-11-7-8-12-19(18)25-20/h7-8,11-14,17,25H,5-6,9-10,15-16H2,1-4H3. The van der Waals surface area contributed by atoms with Gasteiger partial charge in [0.25, 0.3) is 0 Å². The molecular formula is C24H32N4O2S. The first-order valence-corrected chi connectivity index (χ1v) is 12.5. The SMILES string of the molecule is CCN(CC)c1ccc(S(=O)(=O)N(C)C)c(N2CCCC2)c1-c1cc2ccccc2[nH]1. The fourth-order valence-corrected chi connectivity index (χ4v) is 5.63. The van der Waals surface area contributed by atoms with Crippen molar-refractivity contribution < 1.29 is 8.42 Å². The number of anilines is 2. The van der Waals surface area contributed by atoms with E-state index in [0.717, 1.165) is 72.6 Å². The highest BCUT2D eigenvalue weighted by Gasteiger charge is 2.31. The Balaban J connectivity index is 2.09. The number of H-pyrrole nitrogens is 1. The van der Waals surface area contributed by atoms with Crippen LogP contribution in [0.15, 0.2) is 47.4 Å². The largest absolute Gasteiger partial charge is 0.371 e. The van der Waals surface area contributed by atoms with Crippen LogP contribution in [0, 0.1) is 0 Å². The molecule has 3 aromatic rings. The molecule has 0 spiro atoms. The third-order valence-corrected chi connectivity index (χ3v) is 8.05. The Kier molecular flexibility index (Phi) is 5.99. The Morgan fingerprint density at radius 1 is 1.00 bits per heavy atom. The van der Waals surface area contributed by atoms with E-state index in [4.69, 9.17) is 0 Å². The highest BCUT2D eigenvalue weighted by atomic mass is 32.2. The second-order valence-corrected chi connectivity index (χ2v) is 10.4. The lowest BCUT2D eigenvalue weighted by Gasteiger charge is -2.31. The van der Waals surface area contributed by atoms with Crippen LogP contribution in [0.3, 0.4) is 0 Å². The predicted octanol–water partition coefficient (Wildman–Crippen LogP) is 4.53. The van der Waals surface area contributed by atoms with Crippen molar-refractivity contribution in [3.05, 3.63) is 42.5 Å². The number of para-hydroxylation sites is 1. The first kappa shape index (κ1) is 21.7. The number of nitrogens with zero attached hydrogens (tertiary/aromatic N) is 3. The van der Waals surface area contributed by atoms with Crippen LogP contribution in [0.1, 0.15) is 26.7 Å². The van der Waals surface area contributed by atoms with E-state index in [-0.39, 0.29) is 0 Å². The lowest BCUT2D eigenvalue weighted by molar-refractivity contribution is 0.520. The third kappa shape index (κ3) is 3.81. The molecule has 1 N–H and O–H groups in total. The number of sulfonamides is 1. The van der Waals surface area contributed by atoms with Gasteiger partial charge in [0.1, 0.15) is 4.90 Å². The summed E-state index contributed by atoms with van der Waals surface area (Å²) in [5.74, 6) is 0. The zero-order valence-electron chi connectivity index (χ0n) is 18.9. The zero-order valence-corrected chi connectivity index (χ0v) is 19.7. The van der Waals surface area contributed by atoms with Crippen LogP contribution in [0.4, 0.5) is 11.4 Å². The number of aromatic nitrogens is 1. The summed E-state index contributed by atoms with van der Waals surface area (Å²) in [7, 11) is -0.400. The molecule has 1 aliphatic heterocycles. The minimum atomic E-state index is -3.60. The van der Waals surface area contributed by atoms with Crippen molar-refractivity contribution in [3.63, 3.8) is 0 Å². The summed E-state index contributed by atoms with van der Waals surface area (Å²) in [4.78, 5) is 8.50. The maximum absolute atomic E-state index is 13.4. The average Bonchev–Trinajstić information content (AvgIpc) is 3.43. The van der Waals surface area contributed by atoms with E-state index >= 15 is 0 Å². The van der Waals surface area contributed by atoms with E-state index in [0.29, 0.717) is 4.90 Å². The minimum Gasteiger partial charge on any atom is -0.371 e. The van der Waals surface area contributed by atoms with Crippen molar-refractivity contribution in [2.24, 2.45) is 0 Å². The van der Waals surface area contributed by atoms with Crippen LogP contribution in [0.2, 0.25) is 0 Å². The molecule has 4 rings (SSSR count). The smallest absolute Gasteiger partial charge is 0.244 e. The van der Waals surface area contributed by atoms with Gasteiger partial charge in [-0.05, 0) is 51.0 Å². The van der Waals surface area contributed by atoms with Crippen molar-refractivity contribution in [2.75, 3.05) is 50.1 Å². The summed E-state index contributed by atoms with van der Waals surface area (Å²) >= 11 is 0. The van der Waals surface area contributed by atoms with Crippen LogP contribution < -0.4 is 9.80 Å². The Morgan fingerprint density at radius 2 is 1.68 bits per heavy atom. The molecule has 1 aliphatic rings. The molecule has 7 heteroatoms. The molecule has 1 fully saturated rings. The van der Waals surface area contributed by atoms with Crippen LogP contribution in [-0.2, 0) is 10.0 Å². The third-order valence-electron chi connectivity index (χ3n) is 6.20. The number of nitrogens with one attached hydrogen (secondary N) is 1. The van der Waals surface area contributed by atoms with Crippen LogP contribution in [0.5, 0.6) is 0 Å². The maximum atomic E-state index is 13.4. The van der Waals surface area contributed by atoms with Gasteiger partial charge < -0.3 is 14.8 Å². The number of hydrogen-bond donors (Lipinski definition) is 1. The van der Waals surface area contributed by atoms with Crippen molar-refractivity contribution in [1.29, 1.82) is 0 Å². The molecule has 0 amide bonds. The fourth-order valence-electron chi connectivity index (χ4n) is 4.52. The number of rotatable bonds is 7. The van der Waals surface area contributed by atoms with Crippen LogP contribution in [0.25, 0.3) is 22.2 Å². The van der Waals surface area contributed by atoms with Crippen molar-refractivity contribution in [1.82, 2.24) is 9.29 Å². The van der Waals surface area contributed by atoms with Crippen molar-refractivity contribution >= 4 is 32.3 Å². The first-order chi connectivity index (χ1) is 14.9. The molecule has 2 heterocycles. The number of aromatic amines is 1. The first-order valence-electron chi connectivity index (χ1n) is 11.1.